The fraction of sp³-hybridized carbons (Fsp3) is 0.190. The molecule has 2 amide bonds. The van der Waals surface area contributed by atoms with E-state index in [1.807, 2.05) is 13.0 Å². The van der Waals surface area contributed by atoms with Gasteiger partial charge in [-0.1, -0.05) is 18.2 Å². The van der Waals surface area contributed by atoms with Crippen LogP contribution in [0.15, 0.2) is 48.7 Å². The van der Waals surface area contributed by atoms with E-state index in [9.17, 15) is 14.0 Å². The third kappa shape index (κ3) is 3.56. The summed E-state index contributed by atoms with van der Waals surface area (Å²) in [5.41, 5.74) is 2.91. The van der Waals surface area contributed by atoms with Crippen molar-refractivity contribution in [1.82, 2.24) is 9.78 Å². The van der Waals surface area contributed by atoms with Gasteiger partial charge in [0.25, 0.3) is 5.91 Å². The Morgan fingerprint density at radius 1 is 1.28 bits per heavy atom. The van der Waals surface area contributed by atoms with Crippen molar-refractivity contribution in [2.75, 3.05) is 17.7 Å². The number of carbonyl (C=O) groups excluding carboxylic acids is 2. The second-order valence-corrected chi connectivity index (χ2v) is 6.82. The normalized spacial score (nSPS) is 15.0. The number of rotatable bonds is 5. The van der Waals surface area contributed by atoms with Crippen molar-refractivity contribution < 1.29 is 18.7 Å². The average molecular weight is 394 g/mol. The molecule has 1 aliphatic heterocycles. The Morgan fingerprint density at radius 3 is 2.76 bits per heavy atom. The van der Waals surface area contributed by atoms with Crippen molar-refractivity contribution in [1.29, 1.82) is 0 Å². The van der Waals surface area contributed by atoms with E-state index in [-0.39, 0.29) is 24.1 Å². The molecule has 1 atom stereocenters. The molecule has 0 radical (unpaired) electrons. The highest BCUT2D eigenvalue weighted by molar-refractivity contribution is 6.04. The van der Waals surface area contributed by atoms with E-state index in [1.165, 1.54) is 23.9 Å². The number of hydrogen-bond acceptors (Lipinski definition) is 4. The third-order valence-corrected chi connectivity index (χ3v) is 4.80. The predicted octanol–water partition coefficient (Wildman–Crippen LogP) is 3.53. The van der Waals surface area contributed by atoms with Crippen LogP contribution in [0.2, 0.25) is 0 Å². The summed E-state index contributed by atoms with van der Waals surface area (Å²) in [5.74, 6) is 0.0389. The zero-order chi connectivity index (χ0) is 20.5. The number of nitrogens with one attached hydrogen (secondary N) is 2. The van der Waals surface area contributed by atoms with Gasteiger partial charge in [0.1, 0.15) is 23.4 Å². The molecule has 0 bridgehead atoms. The summed E-state index contributed by atoms with van der Waals surface area (Å²) in [4.78, 5) is 25.0. The Kier molecular flexibility index (Phi) is 4.75. The minimum Gasteiger partial charge on any atom is -0.495 e. The van der Waals surface area contributed by atoms with Gasteiger partial charge in [0.15, 0.2) is 0 Å². The van der Waals surface area contributed by atoms with Crippen LogP contribution < -0.4 is 15.4 Å². The first kappa shape index (κ1) is 18.7. The van der Waals surface area contributed by atoms with E-state index in [4.69, 9.17) is 4.74 Å². The molecular formula is C21H19FN4O3. The van der Waals surface area contributed by atoms with Crippen LogP contribution in [-0.2, 0) is 9.59 Å². The fourth-order valence-corrected chi connectivity index (χ4v) is 3.35. The van der Waals surface area contributed by atoms with Gasteiger partial charge in [-0.2, -0.15) is 5.10 Å². The zero-order valence-corrected chi connectivity index (χ0v) is 15.9. The maximum Gasteiger partial charge on any atom is 0.251 e. The lowest BCUT2D eigenvalue weighted by Gasteiger charge is -2.13. The van der Waals surface area contributed by atoms with E-state index >= 15 is 0 Å². The Hall–Kier alpha value is -3.68. The molecule has 0 saturated carbocycles. The largest absolute Gasteiger partial charge is 0.495 e. The van der Waals surface area contributed by atoms with Gasteiger partial charge in [-0.05, 0) is 42.3 Å². The number of methoxy groups -OCH3 is 1. The van der Waals surface area contributed by atoms with Crippen molar-refractivity contribution in [2.45, 2.75) is 19.4 Å². The molecular weight excluding hydrogens is 375 g/mol. The van der Waals surface area contributed by atoms with Gasteiger partial charge in [0, 0.05) is 5.56 Å². The summed E-state index contributed by atoms with van der Waals surface area (Å²) < 4.78 is 19.9. The van der Waals surface area contributed by atoms with E-state index in [1.54, 1.807) is 30.5 Å². The number of fused-ring (bicyclic) bond motifs is 1. The fourth-order valence-electron chi connectivity index (χ4n) is 3.35. The monoisotopic (exact) mass is 394 g/mol. The molecule has 1 unspecified atom stereocenters. The Morgan fingerprint density at radius 2 is 2.03 bits per heavy atom. The van der Waals surface area contributed by atoms with E-state index in [0.717, 1.165) is 11.1 Å². The highest BCUT2D eigenvalue weighted by atomic mass is 19.1. The molecule has 0 saturated heterocycles. The number of carbonyl (C=O) groups is 2. The maximum absolute atomic E-state index is 13.2. The lowest BCUT2D eigenvalue weighted by atomic mass is 10.1. The lowest BCUT2D eigenvalue weighted by molar-refractivity contribution is -0.123. The van der Waals surface area contributed by atoms with Crippen LogP contribution in [0.1, 0.15) is 18.0 Å². The SMILES string of the molecule is COc1ccc(C)cc1NC(=O)CC1C(=O)Nc2c(-c3ccc(F)cc3)cnn21. The zero-order valence-electron chi connectivity index (χ0n) is 15.9. The summed E-state index contributed by atoms with van der Waals surface area (Å²) in [6.07, 6.45) is 1.51. The number of aryl methyl sites for hydroxylation is 1. The lowest BCUT2D eigenvalue weighted by Crippen LogP contribution is -2.23. The number of aromatic nitrogens is 2. The number of benzene rings is 2. The summed E-state index contributed by atoms with van der Waals surface area (Å²) in [5, 5.41) is 9.84. The van der Waals surface area contributed by atoms with Crippen molar-refractivity contribution in [3.8, 4) is 16.9 Å². The molecule has 1 aromatic heterocycles. The van der Waals surface area contributed by atoms with Gasteiger partial charge >= 0.3 is 0 Å². The van der Waals surface area contributed by atoms with Crippen molar-refractivity contribution >= 4 is 23.3 Å². The van der Waals surface area contributed by atoms with Crippen molar-refractivity contribution in [3.63, 3.8) is 0 Å². The van der Waals surface area contributed by atoms with Crippen LogP contribution in [0.3, 0.4) is 0 Å². The molecule has 0 spiro atoms. The number of ether oxygens (including phenoxy) is 1. The van der Waals surface area contributed by atoms with Gasteiger partial charge in [0.05, 0.1) is 25.4 Å². The minimum atomic E-state index is -0.769. The van der Waals surface area contributed by atoms with Crippen LogP contribution in [0.5, 0.6) is 5.75 Å². The van der Waals surface area contributed by atoms with Crippen molar-refractivity contribution in [3.05, 3.63) is 60.0 Å². The first-order valence-electron chi connectivity index (χ1n) is 9.05. The average Bonchev–Trinajstić information content (AvgIpc) is 3.22. The molecule has 2 aromatic carbocycles. The number of hydrogen-bond donors (Lipinski definition) is 2. The molecule has 3 aromatic rings. The highest BCUT2D eigenvalue weighted by Gasteiger charge is 2.35. The predicted molar refractivity (Wildman–Crippen MR) is 106 cm³/mol. The summed E-state index contributed by atoms with van der Waals surface area (Å²) in [6.45, 7) is 1.91. The minimum absolute atomic E-state index is 0.0829. The van der Waals surface area contributed by atoms with Crippen LogP contribution in [0.4, 0.5) is 15.9 Å². The van der Waals surface area contributed by atoms with Gasteiger partial charge in [0.2, 0.25) is 5.91 Å². The van der Waals surface area contributed by atoms with Gasteiger partial charge in [-0.25, -0.2) is 9.07 Å². The first-order valence-corrected chi connectivity index (χ1v) is 9.05. The Balaban J connectivity index is 1.54. The van der Waals surface area contributed by atoms with E-state index < -0.39 is 6.04 Å². The molecule has 0 aliphatic carbocycles. The first-order chi connectivity index (χ1) is 14.0. The van der Waals surface area contributed by atoms with Crippen LogP contribution >= 0.6 is 0 Å². The van der Waals surface area contributed by atoms with Gasteiger partial charge in [-0.15, -0.1) is 0 Å². The van der Waals surface area contributed by atoms with Gasteiger partial charge < -0.3 is 15.4 Å². The molecule has 1 aliphatic rings. The molecule has 29 heavy (non-hydrogen) atoms. The number of nitrogens with zero attached hydrogens (tertiary/aromatic N) is 2. The van der Waals surface area contributed by atoms with Crippen molar-refractivity contribution in [2.24, 2.45) is 0 Å². The number of halogens is 1. The maximum atomic E-state index is 13.2. The molecule has 148 valence electrons. The van der Waals surface area contributed by atoms with E-state index in [2.05, 4.69) is 15.7 Å². The highest BCUT2D eigenvalue weighted by Crippen LogP contribution is 2.36. The molecule has 2 N–H and O–H groups in total. The van der Waals surface area contributed by atoms with Crippen LogP contribution in [-0.4, -0.2) is 28.7 Å². The third-order valence-electron chi connectivity index (χ3n) is 4.80. The number of anilines is 2. The Bertz CT molecular complexity index is 1090. The second-order valence-electron chi connectivity index (χ2n) is 6.82. The molecule has 2 heterocycles. The summed E-state index contributed by atoms with van der Waals surface area (Å²) in [7, 11) is 1.53. The standard InChI is InChI=1S/C21H19FN4O3/c1-12-3-8-18(29-2)16(9-12)24-19(27)10-17-21(28)25-20-15(11-23-26(17)20)13-4-6-14(22)7-5-13/h3-9,11,17H,10H2,1-2H3,(H,24,27)(H,25,28). The molecule has 7 nitrogen and oxygen atoms in total. The van der Waals surface area contributed by atoms with Gasteiger partial charge in [-0.3, -0.25) is 9.59 Å². The summed E-state index contributed by atoms with van der Waals surface area (Å²) >= 11 is 0. The molecule has 0 fully saturated rings. The van der Waals surface area contributed by atoms with E-state index in [0.29, 0.717) is 22.8 Å². The van der Waals surface area contributed by atoms with Crippen LogP contribution in [0, 0.1) is 12.7 Å². The summed E-state index contributed by atoms with van der Waals surface area (Å²) in [6, 6.07) is 10.6. The quantitative estimate of drug-likeness (QED) is 0.693. The number of amides is 2. The smallest absolute Gasteiger partial charge is 0.251 e. The molecule has 4 rings (SSSR count). The topological polar surface area (TPSA) is 85.2 Å². The van der Waals surface area contributed by atoms with Crippen LogP contribution in [0.25, 0.3) is 11.1 Å². The Labute approximate surface area is 166 Å². The second kappa shape index (κ2) is 7.38. The molecule has 8 heteroatoms.